The lowest BCUT2D eigenvalue weighted by atomic mass is 10.0. The van der Waals surface area contributed by atoms with Crippen molar-refractivity contribution in [2.45, 2.75) is 45.9 Å². The third-order valence-electron chi connectivity index (χ3n) is 3.95. The summed E-state index contributed by atoms with van der Waals surface area (Å²) >= 11 is 1.18. The molecule has 30 heavy (non-hydrogen) atoms. The molecule has 0 saturated carbocycles. The average molecular weight is 433 g/mol. The molecule has 1 aromatic heterocycles. The van der Waals surface area contributed by atoms with Gasteiger partial charge in [-0.05, 0) is 26.0 Å². The van der Waals surface area contributed by atoms with E-state index >= 15 is 0 Å². The largest absolute Gasteiger partial charge is 0.463 e. The van der Waals surface area contributed by atoms with Crippen LogP contribution in [0.4, 0.5) is 5.69 Å². The molecule has 0 spiro atoms. The van der Waals surface area contributed by atoms with E-state index in [0.717, 1.165) is 4.88 Å². The van der Waals surface area contributed by atoms with E-state index in [4.69, 9.17) is 4.74 Å². The van der Waals surface area contributed by atoms with Crippen LogP contribution < -0.4 is 10.6 Å². The predicted octanol–water partition coefficient (Wildman–Crippen LogP) is 3.11. The number of amides is 2. The highest BCUT2D eigenvalue weighted by atomic mass is 32.1. The fraction of sp³-hybridized carbons (Fsp3) is 0.350. The SMILES string of the molecule is CC(=O)NCc1ccc(C(=O)NC(CC(=O)OC(C)C)c2ccccc2[N+](=O)[O-])s1. The van der Waals surface area contributed by atoms with E-state index in [1.54, 1.807) is 32.0 Å². The Hall–Kier alpha value is -3.27. The Bertz CT molecular complexity index is 940. The summed E-state index contributed by atoms with van der Waals surface area (Å²) in [5, 5.41) is 16.8. The van der Waals surface area contributed by atoms with Crippen LogP contribution in [-0.2, 0) is 20.9 Å². The number of carbonyl (C=O) groups is 3. The highest BCUT2D eigenvalue weighted by Crippen LogP contribution is 2.28. The van der Waals surface area contributed by atoms with Gasteiger partial charge in [0.15, 0.2) is 0 Å². The van der Waals surface area contributed by atoms with E-state index in [2.05, 4.69) is 10.6 Å². The van der Waals surface area contributed by atoms with Crippen molar-refractivity contribution in [3.8, 4) is 0 Å². The zero-order valence-electron chi connectivity index (χ0n) is 16.8. The number of nitro groups is 1. The third-order valence-corrected chi connectivity index (χ3v) is 5.03. The van der Waals surface area contributed by atoms with Crippen molar-refractivity contribution < 1.29 is 24.0 Å². The number of carbonyl (C=O) groups excluding carboxylic acids is 3. The maximum Gasteiger partial charge on any atom is 0.308 e. The van der Waals surface area contributed by atoms with Crippen molar-refractivity contribution in [3.63, 3.8) is 0 Å². The zero-order chi connectivity index (χ0) is 22.3. The summed E-state index contributed by atoms with van der Waals surface area (Å²) in [6.07, 6.45) is -0.605. The minimum atomic E-state index is -0.939. The molecule has 10 heteroatoms. The summed E-state index contributed by atoms with van der Waals surface area (Å²) in [5.41, 5.74) is 0.0178. The lowest BCUT2D eigenvalue weighted by Gasteiger charge is -2.19. The number of nitrogens with zero attached hydrogens (tertiary/aromatic N) is 1. The molecule has 0 saturated heterocycles. The van der Waals surface area contributed by atoms with Gasteiger partial charge in [0.05, 0.1) is 40.5 Å². The van der Waals surface area contributed by atoms with Crippen LogP contribution in [0.1, 0.15) is 53.3 Å². The molecule has 1 unspecified atom stereocenters. The number of thiophene rings is 1. The Kier molecular flexibility index (Phi) is 8.05. The summed E-state index contributed by atoms with van der Waals surface area (Å²) in [7, 11) is 0. The maximum absolute atomic E-state index is 12.8. The molecule has 1 atom stereocenters. The quantitative estimate of drug-likeness (QED) is 0.355. The minimum absolute atomic E-state index is 0.186. The van der Waals surface area contributed by atoms with Gasteiger partial charge in [0, 0.05) is 17.9 Å². The minimum Gasteiger partial charge on any atom is -0.463 e. The van der Waals surface area contributed by atoms with E-state index in [9.17, 15) is 24.5 Å². The Morgan fingerprint density at radius 3 is 2.50 bits per heavy atom. The van der Waals surface area contributed by atoms with Crippen LogP contribution in [0, 0.1) is 10.1 Å². The van der Waals surface area contributed by atoms with Crippen molar-refractivity contribution in [1.29, 1.82) is 0 Å². The second-order valence-corrected chi connectivity index (χ2v) is 7.93. The molecule has 2 N–H and O–H groups in total. The molecule has 0 fully saturated rings. The van der Waals surface area contributed by atoms with Crippen LogP contribution in [0.15, 0.2) is 36.4 Å². The average Bonchev–Trinajstić information content (AvgIpc) is 3.14. The summed E-state index contributed by atoms with van der Waals surface area (Å²) < 4.78 is 5.15. The first-order chi connectivity index (χ1) is 14.2. The standard InChI is InChI=1S/C20H23N3O6S/c1-12(2)29-19(25)10-16(15-6-4-5-7-17(15)23(27)28)22-20(26)18-9-8-14(30-18)11-21-13(3)24/h4-9,12,16H,10-11H2,1-3H3,(H,21,24)(H,22,26). The van der Waals surface area contributed by atoms with Crippen molar-refractivity contribution >= 4 is 34.8 Å². The molecule has 0 bridgehead atoms. The van der Waals surface area contributed by atoms with Crippen LogP contribution in [0.5, 0.6) is 0 Å². The Morgan fingerprint density at radius 2 is 1.87 bits per heavy atom. The Labute approximate surface area is 177 Å². The molecule has 1 aromatic carbocycles. The Morgan fingerprint density at radius 1 is 1.17 bits per heavy atom. The van der Waals surface area contributed by atoms with Gasteiger partial charge in [0.1, 0.15) is 0 Å². The first kappa shape index (κ1) is 23.0. The molecule has 2 rings (SSSR count). The van der Waals surface area contributed by atoms with Crippen molar-refractivity contribution in [2.75, 3.05) is 0 Å². The lowest BCUT2D eigenvalue weighted by Crippen LogP contribution is -2.31. The number of rotatable bonds is 9. The summed E-state index contributed by atoms with van der Waals surface area (Å²) in [5.74, 6) is -1.24. The first-order valence-corrected chi connectivity index (χ1v) is 10.1. The predicted molar refractivity (Wildman–Crippen MR) is 111 cm³/mol. The van der Waals surface area contributed by atoms with Crippen LogP contribution in [0.2, 0.25) is 0 Å². The molecule has 2 aromatic rings. The number of nitro benzene ring substituents is 1. The van der Waals surface area contributed by atoms with Crippen LogP contribution in [0.3, 0.4) is 0 Å². The molecule has 9 nitrogen and oxygen atoms in total. The maximum atomic E-state index is 12.8. The molecule has 0 aliphatic rings. The van der Waals surface area contributed by atoms with Gasteiger partial charge in [-0.15, -0.1) is 11.3 Å². The summed E-state index contributed by atoms with van der Waals surface area (Å²) in [6, 6.07) is 8.31. The normalized spacial score (nSPS) is 11.6. The Balaban J connectivity index is 2.25. The van der Waals surface area contributed by atoms with Crippen molar-refractivity contribution in [3.05, 3.63) is 61.8 Å². The molecular weight excluding hydrogens is 410 g/mol. The van der Waals surface area contributed by atoms with Gasteiger partial charge in [-0.3, -0.25) is 24.5 Å². The molecule has 2 amide bonds. The molecule has 0 aliphatic carbocycles. The van der Waals surface area contributed by atoms with Gasteiger partial charge in [0.2, 0.25) is 5.91 Å². The van der Waals surface area contributed by atoms with Gasteiger partial charge in [-0.25, -0.2) is 0 Å². The third kappa shape index (κ3) is 6.66. The number of nitrogens with one attached hydrogen (secondary N) is 2. The number of para-hydroxylation sites is 1. The highest BCUT2D eigenvalue weighted by molar-refractivity contribution is 7.14. The van der Waals surface area contributed by atoms with E-state index in [0.29, 0.717) is 11.4 Å². The molecule has 1 heterocycles. The van der Waals surface area contributed by atoms with E-state index in [-0.39, 0.29) is 29.7 Å². The van der Waals surface area contributed by atoms with E-state index in [1.165, 1.54) is 36.5 Å². The highest BCUT2D eigenvalue weighted by Gasteiger charge is 2.27. The smallest absolute Gasteiger partial charge is 0.308 e. The van der Waals surface area contributed by atoms with Gasteiger partial charge in [-0.2, -0.15) is 0 Å². The van der Waals surface area contributed by atoms with Gasteiger partial charge >= 0.3 is 5.97 Å². The number of benzene rings is 1. The molecular formula is C20H23N3O6S. The lowest BCUT2D eigenvalue weighted by molar-refractivity contribution is -0.385. The van der Waals surface area contributed by atoms with E-state index < -0.39 is 22.8 Å². The van der Waals surface area contributed by atoms with Crippen LogP contribution in [0.25, 0.3) is 0 Å². The van der Waals surface area contributed by atoms with E-state index in [1.807, 2.05) is 0 Å². The second-order valence-electron chi connectivity index (χ2n) is 6.76. The number of hydrogen-bond donors (Lipinski definition) is 2. The van der Waals surface area contributed by atoms with Crippen LogP contribution >= 0.6 is 11.3 Å². The van der Waals surface area contributed by atoms with Gasteiger partial charge in [-0.1, -0.05) is 18.2 Å². The summed E-state index contributed by atoms with van der Waals surface area (Å²) in [6.45, 7) is 5.08. The number of hydrogen-bond acceptors (Lipinski definition) is 7. The molecule has 0 radical (unpaired) electrons. The van der Waals surface area contributed by atoms with Crippen molar-refractivity contribution in [1.82, 2.24) is 10.6 Å². The molecule has 0 aliphatic heterocycles. The van der Waals surface area contributed by atoms with Crippen LogP contribution in [-0.4, -0.2) is 28.8 Å². The number of esters is 1. The summed E-state index contributed by atoms with van der Waals surface area (Å²) in [4.78, 5) is 48.0. The molecule has 160 valence electrons. The van der Waals surface area contributed by atoms with Crippen molar-refractivity contribution in [2.24, 2.45) is 0 Å². The van der Waals surface area contributed by atoms with Gasteiger partial charge in [0.25, 0.3) is 11.6 Å². The topological polar surface area (TPSA) is 128 Å². The fourth-order valence-corrected chi connectivity index (χ4v) is 3.55. The number of ether oxygens (including phenoxy) is 1. The first-order valence-electron chi connectivity index (χ1n) is 9.24. The zero-order valence-corrected chi connectivity index (χ0v) is 17.7. The monoisotopic (exact) mass is 433 g/mol. The second kappa shape index (κ2) is 10.5. The fourth-order valence-electron chi connectivity index (χ4n) is 2.70. The van der Waals surface area contributed by atoms with Gasteiger partial charge < -0.3 is 15.4 Å².